The number of hydrogen-bond donors (Lipinski definition) is 2. The third-order valence-corrected chi connectivity index (χ3v) is 6.20. The molecular formula is C29H22F6O4. The van der Waals surface area contributed by atoms with Gasteiger partial charge < -0.3 is 19.7 Å². The molecule has 2 N–H and O–H groups in total. The van der Waals surface area contributed by atoms with Gasteiger partial charge in [-0.2, -0.15) is 26.3 Å². The summed E-state index contributed by atoms with van der Waals surface area (Å²) in [5.41, 5.74) is -6.30. The van der Waals surface area contributed by atoms with Gasteiger partial charge in [0.1, 0.15) is 34.5 Å². The Kier molecular flexibility index (Phi) is 7.16. The number of benzene rings is 4. The fourth-order valence-electron chi connectivity index (χ4n) is 4.26. The van der Waals surface area contributed by atoms with E-state index in [9.17, 15) is 36.6 Å². The number of phenolic OH excluding ortho intramolecular Hbond substituents is 2. The molecule has 0 radical (unpaired) electrons. The fraction of sp³-hybridized carbons (Fsp3) is 0.172. The Morgan fingerprint density at radius 1 is 0.513 bits per heavy atom. The third kappa shape index (κ3) is 5.32. The fourth-order valence-corrected chi connectivity index (χ4v) is 4.26. The molecular weight excluding hydrogens is 526 g/mol. The van der Waals surface area contributed by atoms with Crippen LogP contribution in [0, 0.1) is 13.8 Å². The van der Waals surface area contributed by atoms with Crippen molar-refractivity contribution < 1.29 is 46.0 Å². The number of aromatic hydroxyl groups is 2. The van der Waals surface area contributed by atoms with Gasteiger partial charge in [0.25, 0.3) is 0 Å². The molecule has 4 aromatic carbocycles. The lowest BCUT2D eigenvalue weighted by atomic mass is 9.72. The van der Waals surface area contributed by atoms with Crippen LogP contribution in [0.1, 0.15) is 22.3 Å². The Balaban J connectivity index is 1.80. The molecule has 4 aromatic rings. The number of ether oxygens (including phenoxy) is 2. The first-order chi connectivity index (χ1) is 18.2. The molecule has 0 aliphatic heterocycles. The van der Waals surface area contributed by atoms with Gasteiger partial charge >= 0.3 is 12.4 Å². The van der Waals surface area contributed by atoms with Gasteiger partial charge in [0.2, 0.25) is 5.41 Å². The summed E-state index contributed by atoms with van der Waals surface area (Å²) in [6.07, 6.45) is -11.5. The molecule has 0 atom stereocenters. The van der Waals surface area contributed by atoms with E-state index in [1.54, 1.807) is 0 Å². The van der Waals surface area contributed by atoms with E-state index in [1.807, 2.05) is 0 Å². The second-order valence-electron chi connectivity index (χ2n) is 8.90. The van der Waals surface area contributed by atoms with Crippen LogP contribution in [0.5, 0.6) is 34.5 Å². The standard InChI is InChI=1S/C29H22F6O4/c1-17-15-19(3-13-25(17)38-23-9-5-21(36)6-10-23)27(28(30,31)32,29(33,34)35)20-4-14-26(18(2)16-20)39-24-11-7-22(37)8-12-24/h3-16,36-37H,1-2H3. The van der Waals surface area contributed by atoms with Crippen LogP contribution < -0.4 is 9.47 Å². The molecule has 4 nitrogen and oxygen atoms in total. The summed E-state index contributed by atoms with van der Waals surface area (Å²) in [7, 11) is 0. The topological polar surface area (TPSA) is 58.9 Å². The molecule has 39 heavy (non-hydrogen) atoms. The summed E-state index contributed by atoms with van der Waals surface area (Å²) in [6.45, 7) is 2.69. The van der Waals surface area contributed by atoms with E-state index in [0.29, 0.717) is 0 Å². The molecule has 0 saturated carbocycles. The SMILES string of the molecule is Cc1cc(C(c2ccc(Oc3ccc(O)cc3)c(C)c2)(C(F)(F)F)C(F)(F)F)ccc1Oc1ccc(O)cc1. The van der Waals surface area contributed by atoms with Gasteiger partial charge in [-0.3, -0.25) is 0 Å². The van der Waals surface area contributed by atoms with Crippen molar-refractivity contribution in [3.05, 3.63) is 107 Å². The molecule has 0 aliphatic rings. The zero-order chi connectivity index (χ0) is 28.6. The first-order valence-corrected chi connectivity index (χ1v) is 11.5. The number of alkyl halides is 6. The van der Waals surface area contributed by atoms with Crippen molar-refractivity contribution in [1.82, 2.24) is 0 Å². The molecule has 0 bridgehead atoms. The molecule has 0 amide bonds. The van der Waals surface area contributed by atoms with E-state index in [-0.39, 0.29) is 45.6 Å². The maximum Gasteiger partial charge on any atom is 0.411 e. The molecule has 0 spiro atoms. The van der Waals surface area contributed by atoms with Gasteiger partial charge in [0.15, 0.2) is 0 Å². The Hall–Kier alpha value is -4.34. The number of hydrogen-bond acceptors (Lipinski definition) is 4. The highest BCUT2D eigenvalue weighted by atomic mass is 19.4. The molecule has 0 aliphatic carbocycles. The van der Waals surface area contributed by atoms with Gasteiger partial charge in [-0.25, -0.2) is 0 Å². The van der Waals surface area contributed by atoms with Crippen LogP contribution >= 0.6 is 0 Å². The molecule has 10 heteroatoms. The second kappa shape index (κ2) is 10.1. The Morgan fingerprint density at radius 3 is 1.13 bits per heavy atom. The van der Waals surface area contributed by atoms with Crippen molar-refractivity contribution >= 4 is 0 Å². The van der Waals surface area contributed by atoms with Crippen LogP contribution in [0.15, 0.2) is 84.9 Å². The van der Waals surface area contributed by atoms with Crippen LogP contribution in [0.3, 0.4) is 0 Å². The highest BCUT2D eigenvalue weighted by molar-refractivity contribution is 5.52. The number of rotatable bonds is 6. The monoisotopic (exact) mass is 548 g/mol. The summed E-state index contributed by atoms with van der Waals surface area (Å²) in [4.78, 5) is 0. The first kappa shape index (κ1) is 27.7. The largest absolute Gasteiger partial charge is 0.508 e. The predicted octanol–water partition coefficient (Wildman–Crippen LogP) is 8.71. The van der Waals surface area contributed by atoms with Gasteiger partial charge in [-0.15, -0.1) is 0 Å². The molecule has 0 heterocycles. The Bertz CT molecular complexity index is 1350. The summed E-state index contributed by atoms with van der Waals surface area (Å²) < 4.78 is 99.1. The minimum Gasteiger partial charge on any atom is -0.508 e. The van der Waals surface area contributed by atoms with Gasteiger partial charge in [0.05, 0.1) is 0 Å². The van der Waals surface area contributed by atoms with E-state index < -0.39 is 28.9 Å². The summed E-state index contributed by atoms with van der Waals surface area (Å²) in [6, 6.07) is 16.2. The van der Waals surface area contributed by atoms with Crippen LogP contribution in [0.4, 0.5) is 26.3 Å². The maximum absolute atomic E-state index is 14.6. The Labute approximate surface area is 219 Å². The molecule has 0 fully saturated rings. The van der Waals surface area contributed by atoms with Crippen molar-refractivity contribution in [3.63, 3.8) is 0 Å². The van der Waals surface area contributed by atoms with Crippen molar-refractivity contribution in [2.45, 2.75) is 31.6 Å². The number of phenols is 2. The predicted molar refractivity (Wildman–Crippen MR) is 132 cm³/mol. The lowest BCUT2D eigenvalue weighted by Gasteiger charge is -2.38. The van der Waals surface area contributed by atoms with Crippen molar-refractivity contribution in [2.24, 2.45) is 0 Å². The van der Waals surface area contributed by atoms with E-state index in [4.69, 9.17) is 9.47 Å². The maximum atomic E-state index is 14.6. The quantitative estimate of drug-likeness (QED) is 0.237. The molecule has 0 unspecified atom stereocenters. The lowest BCUT2D eigenvalue weighted by molar-refractivity contribution is -0.288. The summed E-state index contributed by atoms with van der Waals surface area (Å²) >= 11 is 0. The highest BCUT2D eigenvalue weighted by Crippen LogP contribution is 2.57. The Morgan fingerprint density at radius 2 is 0.846 bits per heavy atom. The highest BCUT2D eigenvalue weighted by Gasteiger charge is 2.72. The zero-order valence-electron chi connectivity index (χ0n) is 20.6. The van der Waals surface area contributed by atoms with Crippen molar-refractivity contribution in [1.29, 1.82) is 0 Å². The van der Waals surface area contributed by atoms with E-state index in [2.05, 4.69) is 0 Å². The van der Waals surface area contributed by atoms with Crippen LogP contribution in [0.25, 0.3) is 0 Å². The number of halogens is 6. The number of aryl methyl sites for hydroxylation is 2. The first-order valence-electron chi connectivity index (χ1n) is 11.5. The molecule has 0 aromatic heterocycles. The van der Waals surface area contributed by atoms with E-state index in [0.717, 1.165) is 36.4 Å². The van der Waals surface area contributed by atoms with Gasteiger partial charge in [-0.1, -0.05) is 24.3 Å². The lowest BCUT2D eigenvalue weighted by Crippen LogP contribution is -2.54. The summed E-state index contributed by atoms with van der Waals surface area (Å²) in [5, 5.41) is 18.8. The zero-order valence-corrected chi connectivity index (χ0v) is 20.6. The average molecular weight is 548 g/mol. The van der Waals surface area contributed by atoms with Crippen LogP contribution in [-0.4, -0.2) is 22.6 Å². The normalized spacial score (nSPS) is 12.3. The summed E-state index contributed by atoms with van der Waals surface area (Å²) in [5.74, 6) is 0.504. The van der Waals surface area contributed by atoms with Crippen LogP contribution in [-0.2, 0) is 5.41 Å². The minimum atomic E-state index is -5.76. The average Bonchev–Trinajstić information content (AvgIpc) is 2.84. The molecule has 0 saturated heterocycles. The van der Waals surface area contributed by atoms with E-state index in [1.165, 1.54) is 62.4 Å². The van der Waals surface area contributed by atoms with Gasteiger partial charge in [0, 0.05) is 0 Å². The van der Waals surface area contributed by atoms with Crippen molar-refractivity contribution in [3.8, 4) is 34.5 Å². The third-order valence-electron chi connectivity index (χ3n) is 6.20. The van der Waals surface area contributed by atoms with Gasteiger partial charge in [-0.05, 0) is 96.8 Å². The second-order valence-corrected chi connectivity index (χ2v) is 8.90. The van der Waals surface area contributed by atoms with Crippen molar-refractivity contribution in [2.75, 3.05) is 0 Å². The molecule has 4 rings (SSSR count). The minimum absolute atomic E-state index is 0.0377. The smallest absolute Gasteiger partial charge is 0.411 e. The van der Waals surface area contributed by atoms with E-state index >= 15 is 0 Å². The van der Waals surface area contributed by atoms with Crippen LogP contribution in [0.2, 0.25) is 0 Å². The molecule has 204 valence electrons.